The molecule has 0 aliphatic carbocycles. The molecule has 146 valence electrons. The number of alkyl halides is 3. The van der Waals surface area contributed by atoms with E-state index in [1.807, 2.05) is 6.92 Å². The molecule has 5 nitrogen and oxygen atoms in total. The lowest BCUT2D eigenvalue weighted by Gasteiger charge is -2.37. The second-order valence-corrected chi connectivity index (χ2v) is 8.51. The number of rotatable bonds is 5. The van der Waals surface area contributed by atoms with Gasteiger partial charge in [0.15, 0.2) is 0 Å². The van der Waals surface area contributed by atoms with Gasteiger partial charge in [0.1, 0.15) is 5.75 Å². The summed E-state index contributed by atoms with van der Waals surface area (Å²) in [5.41, 5.74) is 1.69. The average Bonchev–Trinajstić information content (AvgIpc) is 2.52. The van der Waals surface area contributed by atoms with Crippen molar-refractivity contribution >= 4 is 26.0 Å². The number of aryl methyl sites for hydroxylation is 1. The van der Waals surface area contributed by atoms with Gasteiger partial charge in [0.25, 0.3) is 0 Å². The minimum atomic E-state index is -4.77. The molecule has 10 heteroatoms. The standard InChI is InChI=1S/C17H15BrF3NO4S/c1-11-2-5-14(6-3-11)27(23,24)26-22-9-13(10-22)12-4-7-16(15(18)8-12)25-17(19,20)21/h2-8,13H,9-10H2,1H3. The van der Waals surface area contributed by atoms with E-state index in [1.54, 1.807) is 12.1 Å². The van der Waals surface area contributed by atoms with Gasteiger partial charge in [0.05, 0.1) is 9.37 Å². The van der Waals surface area contributed by atoms with Crippen LogP contribution in [0.15, 0.2) is 51.8 Å². The Hall–Kier alpha value is -1.62. The summed E-state index contributed by atoms with van der Waals surface area (Å²) in [4.78, 5) is 0.0629. The van der Waals surface area contributed by atoms with E-state index in [-0.39, 0.29) is 21.0 Å². The lowest BCUT2D eigenvalue weighted by atomic mass is 9.93. The zero-order valence-electron chi connectivity index (χ0n) is 14.0. The number of ether oxygens (including phenoxy) is 1. The molecule has 2 aromatic carbocycles. The summed E-state index contributed by atoms with van der Waals surface area (Å²) in [6, 6.07) is 10.6. The number of hydrogen-bond acceptors (Lipinski definition) is 5. The van der Waals surface area contributed by atoms with Crippen LogP contribution in [-0.2, 0) is 14.4 Å². The molecular weight excluding hydrogens is 451 g/mol. The van der Waals surface area contributed by atoms with E-state index in [4.69, 9.17) is 4.28 Å². The van der Waals surface area contributed by atoms with Crippen LogP contribution in [0.25, 0.3) is 0 Å². The Morgan fingerprint density at radius 3 is 2.30 bits per heavy atom. The Bertz CT molecular complexity index is 926. The Morgan fingerprint density at radius 2 is 1.74 bits per heavy atom. The molecule has 0 radical (unpaired) electrons. The van der Waals surface area contributed by atoms with Crippen LogP contribution in [0, 0.1) is 6.92 Å². The van der Waals surface area contributed by atoms with Crippen molar-refractivity contribution in [3.63, 3.8) is 0 Å². The van der Waals surface area contributed by atoms with Crippen LogP contribution in [0.3, 0.4) is 0 Å². The smallest absolute Gasteiger partial charge is 0.405 e. The molecule has 1 fully saturated rings. The number of hydrogen-bond donors (Lipinski definition) is 0. The fourth-order valence-corrected chi connectivity index (χ4v) is 4.01. The second kappa shape index (κ2) is 7.42. The van der Waals surface area contributed by atoms with Crippen LogP contribution in [0.1, 0.15) is 17.0 Å². The van der Waals surface area contributed by atoms with Gasteiger partial charge >= 0.3 is 16.5 Å². The van der Waals surface area contributed by atoms with Crippen molar-refractivity contribution in [3.8, 4) is 5.75 Å². The zero-order chi connectivity index (χ0) is 19.8. The van der Waals surface area contributed by atoms with Crippen LogP contribution < -0.4 is 4.74 Å². The maximum absolute atomic E-state index is 12.3. The molecule has 0 amide bonds. The first-order valence-electron chi connectivity index (χ1n) is 7.85. The SMILES string of the molecule is Cc1ccc(S(=O)(=O)ON2CC(c3ccc(OC(F)(F)F)c(Br)c3)C2)cc1. The van der Waals surface area contributed by atoms with E-state index in [0.717, 1.165) is 11.1 Å². The monoisotopic (exact) mass is 465 g/mol. The first-order valence-corrected chi connectivity index (χ1v) is 10.0. The highest BCUT2D eigenvalue weighted by Gasteiger charge is 2.35. The number of benzene rings is 2. The van der Waals surface area contributed by atoms with Gasteiger partial charge in [0, 0.05) is 19.0 Å². The third-order valence-electron chi connectivity index (χ3n) is 4.01. The molecule has 3 rings (SSSR count). The summed E-state index contributed by atoms with van der Waals surface area (Å²) < 4.78 is 70.5. The highest BCUT2D eigenvalue weighted by atomic mass is 79.9. The molecule has 0 N–H and O–H groups in total. The van der Waals surface area contributed by atoms with Crippen LogP contribution in [0.4, 0.5) is 13.2 Å². The Balaban J connectivity index is 1.61. The highest BCUT2D eigenvalue weighted by Crippen LogP contribution is 2.36. The van der Waals surface area contributed by atoms with Crippen molar-refractivity contribution in [3.05, 3.63) is 58.1 Å². The molecule has 0 atom stereocenters. The summed E-state index contributed by atoms with van der Waals surface area (Å²) in [6.07, 6.45) is -4.77. The van der Waals surface area contributed by atoms with Crippen molar-refractivity contribution < 1.29 is 30.6 Å². The molecule has 1 saturated heterocycles. The molecule has 1 heterocycles. The van der Waals surface area contributed by atoms with Crippen LogP contribution in [0.2, 0.25) is 0 Å². The Labute approximate surface area is 162 Å². The maximum Gasteiger partial charge on any atom is 0.573 e. The van der Waals surface area contributed by atoms with Gasteiger partial charge in [-0.05, 0) is 52.7 Å². The third-order valence-corrected chi connectivity index (χ3v) is 5.89. The van der Waals surface area contributed by atoms with Crippen molar-refractivity contribution in [1.82, 2.24) is 5.06 Å². The molecule has 0 saturated carbocycles. The molecular formula is C17H15BrF3NO4S. The fraction of sp³-hybridized carbons (Fsp3) is 0.294. The summed E-state index contributed by atoms with van der Waals surface area (Å²) in [7, 11) is -3.91. The average molecular weight is 466 g/mol. The van der Waals surface area contributed by atoms with Gasteiger partial charge < -0.3 is 4.74 Å². The van der Waals surface area contributed by atoms with Crippen LogP contribution in [-0.4, -0.2) is 32.9 Å². The van der Waals surface area contributed by atoms with Gasteiger partial charge in [0.2, 0.25) is 0 Å². The molecule has 0 bridgehead atoms. The Morgan fingerprint density at radius 1 is 1.11 bits per heavy atom. The summed E-state index contributed by atoms with van der Waals surface area (Å²) >= 11 is 3.06. The summed E-state index contributed by atoms with van der Waals surface area (Å²) in [6.45, 7) is 2.45. The molecule has 0 unspecified atom stereocenters. The van der Waals surface area contributed by atoms with Crippen molar-refractivity contribution in [1.29, 1.82) is 0 Å². The quantitative estimate of drug-likeness (QED) is 0.655. The lowest BCUT2D eigenvalue weighted by molar-refractivity contribution is -0.274. The van der Waals surface area contributed by atoms with Crippen molar-refractivity contribution in [2.24, 2.45) is 0 Å². The first kappa shape index (κ1) is 20.1. The lowest BCUT2D eigenvalue weighted by Crippen LogP contribution is -2.45. The van der Waals surface area contributed by atoms with E-state index >= 15 is 0 Å². The number of nitrogens with zero attached hydrogens (tertiary/aromatic N) is 1. The molecule has 1 aliphatic rings. The van der Waals surface area contributed by atoms with Gasteiger partial charge in [-0.3, -0.25) is 0 Å². The number of halogens is 4. The van der Waals surface area contributed by atoms with Gasteiger partial charge in [-0.15, -0.1) is 13.2 Å². The normalized spacial score (nSPS) is 16.2. The minimum Gasteiger partial charge on any atom is -0.405 e. The molecule has 0 aromatic heterocycles. The van der Waals surface area contributed by atoms with E-state index in [1.165, 1.54) is 35.4 Å². The van der Waals surface area contributed by atoms with E-state index in [9.17, 15) is 21.6 Å². The van der Waals surface area contributed by atoms with Crippen molar-refractivity contribution in [2.75, 3.05) is 13.1 Å². The first-order chi connectivity index (χ1) is 12.5. The Kier molecular flexibility index (Phi) is 5.53. The maximum atomic E-state index is 12.3. The van der Waals surface area contributed by atoms with Gasteiger partial charge in [-0.2, -0.15) is 17.8 Å². The van der Waals surface area contributed by atoms with E-state index in [2.05, 4.69) is 20.7 Å². The predicted octanol–water partition coefficient (Wildman–Crippen LogP) is 4.38. The van der Waals surface area contributed by atoms with E-state index < -0.39 is 16.5 Å². The number of hydroxylamine groups is 2. The molecule has 0 spiro atoms. The highest BCUT2D eigenvalue weighted by molar-refractivity contribution is 9.10. The van der Waals surface area contributed by atoms with Gasteiger partial charge in [-0.25, -0.2) is 0 Å². The molecule has 2 aromatic rings. The topological polar surface area (TPSA) is 55.8 Å². The zero-order valence-corrected chi connectivity index (χ0v) is 16.4. The summed E-state index contributed by atoms with van der Waals surface area (Å²) in [5, 5.41) is 1.30. The van der Waals surface area contributed by atoms with E-state index in [0.29, 0.717) is 13.1 Å². The van der Waals surface area contributed by atoms with Crippen LogP contribution >= 0.6 is 15.9 Å². The molecule has 27 heavy (non-hydrogen) atoms. The third kappa shape index (κ3) is 5.01. The minimum absolute atomic E-state index is 0.0607. The predicted molar refractivity (Wildman–Crippen MR) is 94.6 cm³/mol. The largest absolute Gasteiger partial charge is 0.573 e. The fourth-order valence-electron chi connectivity index (χ4n) is 2.58. The van der Waals surface area contributed by atoms with Gasteiger partial charge in [-0.1, -0.05) is 23.8 Å². The van der Waals surface area contributed by atoms with Crippen molar-refractivity contribution in [2.45, 2.75) is 24.1 Å². The second-order valence-electron chi connectivity index (χ2n) is 6.12. The summed E-state index contributed by atoms with van der Waals surface area (Å²) in [5.74, 6) is -0.393. The molecule has 1 aliphatic heterocycles. The van der Waals surface area contributed by atoms with Crippen LogP contribution in [0.5, 0.6) is 5.75 Å².